The van der Waals surface area contributed by atoms with E-state index in [2.05, 4.69) is 15.3 Å². The Hall–Kier alpha value is -1.16. The van der Waals surface area contributed by atoms with Gasteiger partial charge in [0.15, 0.2) is 10.8 Å². The first-order valence-electron chi connectivity index (χ1n) is 3.08. The number of nitrogens with zero attached hydrogens (tertiary/aromatic N) is 4. The molecule has 2 aromatic heterocycles. The fourth-order valence-corrected chi connectivity index (χ4v) is 1.08. The normalized spacial score (nSPS) is 10.7. The van der Waals surface area contributed by atoms with E-state index in [0.29, 0.717) is 5.15 Å². The third kappa shape index (κ3) is 0.952. The highest BCUT2D eigenvalue weighted by Crippen LogP contribution is 2.12. The highest BCUT2D eigenvalue weighted by atomic mass is 35.5. The van der Waals surface area contributed by atoms with Gasteiger partial charge in [-0.2, -0.15) is 5.10 Å². The van der Waals surface area contributed by atoms with E-state index >= 15 is 0 Å². The van der Waals surface area contributed by atoms with E-state index in [0.717, 1.165) is 11.0 Å². The molecule has 0 saturated carbocycles. The topological polar surface area (TPSA) is 43.6 Å². The SMILES string of the molecule is Cn1ncc2cc(Cl)nnc21. The summed E-state index contributed by atoms with van der Waals surface area (Å²) in [6, 6.07) is 1.73. The Balaban J connectivity index is 2.86. The number of aromatic nitrogens is 4. The number of halogens is 1. The lowest BCUT2D eigenvalue weighted by atomic mass is 10.4. The molecule has 0 unspecified atom stereocenters. The molecule has 0 amide bonds. The number of fused-ring (bicyclic) bond motifs is 1. The lowest BCUT2D eigenvalue weighted by molar-refractivity contribution is 0.777. The van der Waals surface area contributed by atoms with Crippen molar-refractivity contribution in [1.29, 1.82) is 0 Å². The molecule has 2 rings (SSSR count). The number of rotatable bonds is 0. The number of hydrogen-bond donors (Lipinski definition) is 0. The van der Waals surface area contributed by atoms with Crippen LogP contribution in [0.5, 0.6) is 0 Å². The van der Waals surface area contributed by atoms with E-state index in [1.807, 2.05) is 7.05 Å². The molecule has 0 radical (unpaired) electrons. The standard InChI is InChI=1S/C6H5ClN4/c1-11-6-4(3-8-11)2-5(7)9-10-6/h2-3H,1H3. The molecule has 2 heterocycles. The van der Waals surface area contributed by atoms with E-state index in [4.69, 9.17) is 11.6 Å². The zero-order valence-electron chi connectivity index (χ0n) is 5.82. The first-order valence-corrected chi connectivity index (χ1v) is 3.46. The molecule has 0 bridgehead atoms. The minimum atomic E-state index is 0.394. The summed E-state index contributed by atoms with van der Waals surface area (Å²) < 4.78 is 1.65. The van der Waals surface area contributed by atoms with Crippen molar-refractivity contribution in [1.82, 2.24) is 20.0 Å². The zero-order valence-corrected chi connectivity index (χ0v) is 6.58. The van der Waals surface area contributed by atoms with Crippen LogP contribution in [-0.4, -0.2) is 20.0 Å². The van der Waals surface area contributed by atoms with Crippen LogP contribution in [0.15, 0.2) is 12.3 Å². The van der Waals surface area contributed by atoms with Gasteiger partial charge >= 0.3 is 0 Å². The molecule has 5 heteroatoms. The lowest BCUT2D eigenvalue weighted by Crippen LogP contribution is -1.92. The van der Waals surface area contributed by atoms with Crippen LogP contribution < -0.4 is 0 Å². The summed E-state index contributed by atoms with van der Waals surface area (Å²) in [5, 5.41) is 12.8. The zero-order chi connectivity index (χ0) is 7.84. The van der Waals surface area contributed by atoms with E-state index in [-0.39, 0.29) is 0 Å². The van der Waals surface area contributed by atoms with Gasteiger partial charge in [-0.25, -0.2) is 4.68 Å². The van der Waals surface area contributed by atoms with E-state index < -0.39 is 0 Å². The van der Waals surface area contributed by atoms with Crippen molar-refractivity contribution in [2.45, 2.75) is 0 Å². The average Bonchev–Trinajstić information content (AvgIpc) is 2.32. The van der Waals surface area contributed by atoms with Crippen LogP contribution in [0.4, 0.5) is 0 Å². The molecular weight excluding hydrogens is 164 g/mol. The van der Waals surface area contributed by atoms with E-state index in [1.54, 1.807) is 16.9 Å². The highest BCUT2D eigenvalue weighted by molar-refractivity contribution is 6.29. The van der Waals surface area contributed by atoms with Gasteiger partial charge in [0.2, 0.25) is 0 Å². The maximum Gasteiger partial charge on any atom is 0.180 e. The van der Waals surface area contributed by atoms with Crippen molar-refractivity contribution in [3.63, 3.8) is 0 Å². The molecule has 0 aromatic carbocycles. The Morgan fingerprint density at radius 1 is 1.45 bits per heavy atom. The Bertz CT molecular complexity index is 394. The summed E-state index contributed by atoms with van der Waals surface area (Å²) in [5.74, 6) is 0. The second kappa shape index (κ2) is 2.17. The molecule has 0 atom stereocenters. The molecule has 0 aliphatic rings. The quantitative estimate of drug-likeness (QED) is 0.590. The fraction of sp³-hybridized carbons (Fsp3) is 0.167. The Morgan fingerprint density at radius 2 is 2.27 bits per heavy atom. The Labute approximate surface area is 67.8 Å². The van der Waals surface area contributed by atoms with Crippen LogP contribution in [0.2, 0.25) is 5.15 Å². The van der Waals surface area contributed by atoms with Gasteiger partial charge in [0.1, 0.15) is 0 Å². The molecular formula is C6H5ClN4. The van der Waals surface area contributed by atoms with Crippen LogP contribution in [-0.2, 0) is 7.05 Å². The van der Waals surface area contributed by atoms with Gasteiger partial charge < -0.3 is 0 Å². The second-order valence-corrected chi connectivity index (χ2v) is 2.60. The van der Waals surface area contributed by atoms with Crippen molar-refractivity contribution >= 4 is 22.6 Å². The maximum atomic E-state index is 5.62. The molecule has 0 aliphatic heterocycles. The molecule has 0 saturated heterocycles. The van der Waals surface area contributed by atoms with E-state index in [9.17, 15) is 0 Å². The van der Waals surface area contributed by atoms with Gasteiger partial charge in [0.25, 0.3) is 0 Å². The molecule has 56 valence electrons. The van der Waals surface area contributed by atoms with Crippen molar-refractivity contribution in [2.24, 2.45) is 7.05 Å². The smallest absolute Gasteiger partial charge is 0.180 e. The molecule has 0 N–H and O–H groups in total. The van der Waals surface area contributed by atoms with Gasteiger partial charge in [-0.3, -0.25) is 0 Å². The Morgan fingerprint density at radius 3 is 3.09 bits per heavy atom. The summed E-state index contributed by atoms with van der Waals surface area (Å²) in [5.41, 5.74) is 0.745. The highest BCUT2D eigenvalue weighted by Gasteiger charge is 2.00. The molecule has 4 nitrogen and oxygen atoms in total. The number of hydrogen-bond acceptors (Lipinski definition) is 3. The predicted molar refractivity (Wildman–Crippen MR) is 41.3 cm³/mol. The van der Waals surface area contributed by atoms with Crippen molar-refractivity contribution in [3.05, 3.63) is 17.4 Å². The van der Waals surface area contributed by atoms with Crippen molar-refractivity contribution in [2.75, 3.05) is 0 Å². The van der Waals surface area contributed by atoms with Gasteiger partial charge in [-0.1, -0.05) is 11.6 Å². The largest absolute Gasteiger partial charge is 0.249 e. The average molecular weight is 169 g/mol. The summed E-state index contributed by atoms with van der Waals surface area (Å²) >= 11 is 5.62. The lowest BCUT2D eigenvalue weighted by Gasteiger charge is -1.90. The van der Waals surface area contributed by atoms with Crippen LogP contribution in [0, 0.1) is 0 Å². The van der Waals surface area contributed by atoms with Crippen LogP contribution >= 0.6 is 11.6 Å². The van der Waals surface area contributed by atoms with Gasteiger partial charge in [0, 0.05) is 12.4 Å². The maximum absolute atomic E-state index is 5.62. The second-order valence-electron chi connectivity index (χ2n) is 2.21. The van der Waals surface area contributed by atoms with E-state index in [1.165, 1.54) is 0 Å². The molecule has 2 aromatic rings. The number of aryl methyl sites for hydroxylation is 1. The molecule has 0 aliphatic carbocycles. The third-order valence-corrected chi connectivity index (χ3v) is 1.63. The van der Waals surface area contributed by atoms with Gasteiger partial charge in [-0.15, -0.1) is 10.2 Å². The first-order chi connectivity index (χ1) is 5.27. The summed E-state index contributed by atoms with van der Waals surface area (Å²) in [4.78, 5) is 0. The van der Waals surface area contributed by atoms with Crippen LogP contribution in [0.25, 0.3) is 11.0 Å². The van der Waals surface area contributed by atoms with Crippen LogP contribution in [0.3, 0.4) is 0 Å². The summed E-state index contributed by atoms with van der Waals surface area (Å²) in [7, 11) is 1.81. The summed E-state index contributed by atoms with van der Waals surface area (Å²) in [6.45, 7) is 0. The molecule has 11 heavy (non-hydrogen) atoms. The fourth-order valence-electron chi connectivity index (χ4n) is 0.925. The summed E-state index contributed by atoms with van der Waals surface area (Å²) in [6.07, 6.45) is 1.70. The van der Waals surface area contributed by atoms with Gasteiger partial charge in [0.05, 0.1) is 6.20 Å². The van der Waals surface area contributed by atoms with Gasteiger partial charge in [-0.05, 0) is 6.07 Å². The van der Waals surface area contributed by atoms with Crippen LogP contribution in [0.1, 0.15) is 0 Å². The third-order valence-electron chi connectivity index (χ3n) is 1.45. The minimum absolute atomic E-state index is 0.394. The monoisotopic (exact) mass is 168 g/mol. The predicted octanol–water partition coefficient (Wildman–Crippen LogP) is 1.02. The molecule has 0 spiro atoms. The molecule has 0 fully saturated rings. The minimum Gasteiger partial charge on any atom is -0.249 e. The van der Waals surface area contributed by atoms with Crippen molar-refractivity contribution in [3.8, 4) is 0 Å². The first kappa shape index (κ1) is 6.54. The van der Waals surface area contributed by atoms with Crippen molar-refractivity contribution < 1.29 is 0 Å². The Kier molecular flexibility index (Phi) is 1.29.